The molecule has 5 nitrogen and oxygen atoms in total. The number of carboxylic acids is 1. The van der Waals surface area contributed by atoms with E-state index >= 15 is 0 Å². The van der Waals surface area contributed by atoms with Gasteiger partial charge < -0.3 is 15.7 Å². The number of anilines is 1. The molecule has 1 aromatic rings. The molecule has 1 atom stereocenters. The molecule has 1 aliphatic heterocycles. The van der Waals surface area contributed by atoms with Crippen molar-refractivity contribution >= 4 is 17.6 Å². The highest BCUT2D eigenvalue weighted by Gasteiger charge is 2.33. The summed E-state index contributed by atoms with van der Waals surface area (Å²) in [5.74, 6) is -1.36. The molecule has 0 aliphatic carbocycles. The highest BCUT2D eigenvalue weighted by molar-refractivity contribution is 5.98. The fourth-order valence-electron chi connectivity index (χ4n) is 2.23. The largest absolute Gasteiger partial charge is 0.480 e. The average Bonchev–Trinajstić information content (AvgIpc) is 2.46. The monoisotopic (exact) mass is 276 g/mol. The molecule has 0 saturated carbocycles. The number of fused-ring (bicyclic) bond motifs is 1. The van der Waals surface area contributed by atoms with Crippen molar-refractivity contribution in [2.45, 2.75) is 38.6 Å². The lowest BCUT2D eigenvalue weighted by Gasteiger charge is -2.25. The average molecular weight is 276 g/mol. The van der Waals surface area contributed by atoms with Crippen LogP contribution < -0.4 is 10.6 Å². The summed E-state index contributed by atoms with van der Waals surface area (Å²) >= 11 is 0. The van der Waals surface area contributed by atoms with Gasteiger partial charge >= 0.3 is 5.97 Å². The Balaban J connectivity index is 2.19. The molecule has 0 fully saturated rings. The maximum Gasteiger partial charge on any atom is 0.329 e. The third-order valence-corrected chi connectivity index (χ3v) is 3.87. The molecule has 1 unspecified atom stereocenters. The van der Waals surface area contributed by atoms with Crippen molar-refractivity contribution in [2.24, 2.45) is 0 Å². The Morgan fingerprint density at radius 3 is 2.85 bits per heavy atom. The molecule has 1 aromatic carbocycles. The molecular formula is C15H20N2O3. The Morgan fingerprint density at radius 2 is 2.20 bits per heavy atom. The predicted octanol–water partition coefficient (Wildman–Crippen LogP) is 2.03. The van der Waals surface area contributed by atoms with Gasteiger partial charge in [0.05, 0.1) is 0 Å². The van der Waals surface area contributed by atoms with Crippen LogP contribution in [0.1, 0.15) is 42.6 Å². The third kappa shape index (κ3) is 2.76. The lowest BCUT2D eigenvalue weighted by Crippen LogP contribution is -2.51. The molecule has 3 N–H and O–H groups in total. The minimum absolute atomic E-state index is 0.334. The predicted molar refractivity (Wildman–Crippen MR) is 77.1 cm³/mol. The van der Waals surface area contributed by atoms with Gasteiger partial charge in [-0.05, 0) is 49.9 Å². The minimum Gasteiger partial charge on any atom is -0.480 e. The summed E-state index contributed by atoms with van der Waals surface area (Å²) < 4.78 is 0. The van der Waals surface area contributed by atoms with E-state index in [1.165, 1.54) is 6.92 Å². The quantitative estimate of drug-likeness (QED) is 0.786. The molecule has 2 rings (SSSR count). The summed E-state index contributed by atoms with van der Waals surface area (Å²) in [5, 5.41) is 15.1. The van der Waals surface area contributed by atoms with E-state index in [0.29, 0.717) is 12.0 Å². The van der Waals surface area contributed by atoms with Crippen LogP contribution in [0.25, 0.3) is 0 Å². The highest BCUT2D eigenvalue weighted by atomic mass is 16.4. The third-order valence-electron chi connectivity index (χ3n) is 3.87. The van der Waals surface area contributed by atoms with Gasteiger partial charge in [-0.2, -0.15) is 0 Å². The summed E-state index contributed by atoms with van der Waals surface area (Å²) in [7, 11) is 0. The van der Waals surface area contributed by atoms with Crippen molar-refractivity contribution in [1.82, 2.24) is 5.32 Å². The summed E-state index contributed by atoms with van der Waals surface area (Å²) in [6.07, 6.45) is 2.31. The highest BCUT2D eigenvalue weighted by Crippen LogP contribution is 2.23. The van der Waals surface area contributed by atoms with E-state index in [0.717, 1.165) is 30.6 Å². The number of hydrogen-bond donors (Lipinski definition) is 3. The van der Waals surface area contributed by atoms with Crippen molar-refractivity contribution in [1.29, 1.82) is 0 Å². The molecule has 0 spiro atoms. The van der Waals surface area contributed by atoms with Gasteiger partial charge in [-0.25, -0.2) is 4.79 Å². The Kier molecular flexibility index (Phi) is 3.97. The van der Waals surface area contributed by atoms with Crippen LogP contribution >= 0.6 is 0 Å². The first kappa shape index (κ1) is 14.4. The van der Waals surface area contributed by atoms with Crippen LogP contribution in [0.15, 0.2) is 18.2 Å². The molecule has 0 aromatic heterocycles. The summed E-state index contributed by atoms with van der Waals surface area (Å²) in [6, 6.07) is 5.45. The van der Waals surface area contributed by atoms with Crippen molar-refractivity contribution in [2.75, 3.05) is 11.9 Å². The van der Waals surface area contributed by atoms with E-state index in [-0.39, 0.29) is 5.91 Å². The molecule has 0 saturated heterocycles. The smallest absolute Gasteiger partial charge is 0.329 e. The molecule has 0 radical (unpaired) electrons. The van der Waals surface area contributed by atoms with Crippen LogP contribution in [0.2, 0.25) is 0 Å². The number of rotatable bonds is 4. The van der Waals surface area contributed by atoms with Crippen LogP contribution in [-0.2, 0) is 11.2 Å². The number of carbonyl (C=O) groups excluding carboxylic acids is 1. The number of aliphatic carboxylic acids is 1. The van der Waals surface area contributed by atoms with E-state index in [4.69, 9.17) is 0 Å². The number of benzene rings is 1. The van der Waals surface area contributed by atoms with Gasteiger partial charge in [0.15, 0.2) is 0 Å². The Hall–Kier alpha value is -2.04. The lowest BCUT2D eigenvalue weighted by molar-refractivity contribution is -0.143. The zero-order valence-corrected chi connectivity index (χ0v) is 11.8. The van der Waals surface area contributed by atoms with Crippen LogP contribution in [0.5, 0.6) is 0 Å². The Bertz CT molecular complexity index is 542. The molecule has 5 heteroatoms. The maximum atomic E-state index is 12.2. The first-order valence-corrected chi connectivity index (χ1v) is 6.89. The molecule has 108 valence electrons. The number of hydrogen-bond acceptors (Lipinski definition) is 3. The number of carboxylic acid groups (broad SMARTS) is 1. The van der Waals surface area contributed by atoms with Crippen LogP contribution in [0.4, 0.5) is 5.69 Å². The maximum absolute atomic E-state index is 12.2. The first-order valence-electron chi connectivity index (χ1n) is 6.89. The van der Waals surface area contributed by atoms with Gasteiger partial charge in [0.2, 0.25) is 0 Å². The van der Waals surface area contributed by atoms with Gasteiger partial charge in [-0.1, -0.05) is 6.92 Å². The zero-order valence-electron chi connectivity index (χ0n) is 11.8. The van der Waals surface area contributed by atoms with Gasteiger partial charge in [0.25, 0.3) is 5.91 Å². The van der Waals surface area contributed by atoms with Gasteiger partial charge in [0, 0.05) is 17.8 Å². The SMILES string of the molecule is CCC(C)(NC(=O)c1ccc2c(c1)CCCN2)C(=O)O. The summed E-state index contributed by atoms with van der Waals surface area (Å²) in [6.45, 7) is 4.21. The topological polar surface area (TPSA) is 78.4 Å². The Labute approximate surface area is 118 Å². The van der Waals surface area contributed by atoms with Gasteiger partial charge in [-0.3, -0.25) is 4.79 Å². The van der Waals surface area contributed by atoms with Crippen molar-refractivity contribution < 1.29 is 14.7 Å². The van der Waals surface area contributed by atoms with E-state index in [1.54, 1.807) is 13.0 Å². The van der Waals surface area contributed by atoms with Crippen LogP contribution in [0, 0.1) is 0 Å². The minimum atomic E-state index is -1.23. The zero-order chi connectivity index (χ0) is 14.8. The normalized spacial score (nSPS) is 16.5. The first-order chi connectivity index (χ1) is 9.46. The molecule has 1 aliphatic rings. The fourth-order valence-corrected chi connectivity index (χ4v) is 2.23. The standard InChI is InChI=1S/C15H20N2O3/c1-3-15(2,14(19)20)17-13(18)11-6-7-12-10(9-11)5-4-8-16-12/h6-7,9,16H,3-5,8H2,1-2H3,(H,17,18)(H,19,20). The van der Waals surface area contributed by atoms with E-state index < -0.39 is 11.5 Å². The van der Waals surface area contributed by atoms with E-state index in [2.05, 4.69) is 10.6 Å². The Morgan fingerprint density at radius 1 is 1.45 bits per heavy atom. The van der Waals surface area contributed by atoms with Gasteiger partial charge in [-0.15, -0.1) is 0 Å². The molecule has 1 heterocycles. The summed E-state index contributed by atoms with van der Waals surface area (Å²) in [5.41, 5.74) is 1.45. The van der Waals surface area contributed by atoms with Crippen molar-refractivity contribution in [3.8, 4) is 0 Å². The summed E-state index contributed by atoms with van der Waals surface area (Å²) in [4.78, 5) is 23.4. The lowest BCUT2D eigenvalue weighted by atomic mass is 9.97. The molecular weight excluding hydrogens is 256 g/mol. The van der Waals surface area contributed by atoms with E-state index in [1.807, 2.05) is 12.1 Å². The van der Waals surface area contributed by atoms with Gasteiger partial charge in [0.1, 0.15) is 5.54 Å². The van der Waals surface area contributed by atoms with Crippen molar-refractivity contribution in [3.63, 3.8) is 0 Å². The number of amides is 1. The second-order valence-electron chi connectivity index (χ2n) is 5.35. The molecule has 20 heavy (non-hydrogen) atoms. The molecule has 1 amide bonds. The second kappa shape index (κ2) is 5.53. The fraction of sp³-hybridized carbons (Fsp3) is 0.467. The van der Waals surface area contributed by atoms with Crippen LogP contribution in [-0.4, -0.2) is 29.1 Å². The molecule has 0 bridgehead atoms. The van der Waals surface area contributed by atoms with Crippen LogP contribution in [0.3, 0.4) is 0 Å². The van der Waals surface area contributed by atoms with Crippen molar-refractivity contribution in [3.05, 3.63) is 29.3 Å². The second-order valence-corrected chi connectivity index (χ2v) is 5.35. The number of nitrogens with one attached hydrogen (secondary N) is 2. The number of carbonyl (C=O) groups is 2. The van der Waals surface area contributed by atoms with E-state index in [9.17, 15) is 14.7 Å². The number of aryl methyl sites for hydroxylation is 1.